The molecule has 37 heavy (non-hydrogen) atoms. The molecule has 1 aliphatic carbocycles. The molecule has 2 N–H and O–H groups in total. The van der Waals surface area contributed by atoms with Gasteiger partial charge in [0.2, 0.25) is 17.6 Å². The van der Waals surface area contributed by atoms with Gasteiger partial charge in [-0.3, -0.25) is 14.4 Å². The van der Waals surface area contributed by atoms with Gasteiger partial charge in [0.25, 0.3) is 0 Å². The maximum atomic E-state index is 12.6. The summed E-state index contributed by atoms with van der Waals surface area (Å²) in [5.74, 6) is -0.639. The van der Waals surface area contributed by atoms with Crippen molar-refractivity contribution >= 4 is 28.9 Å². The summed E-state index contributed by atoms with van der Waals surface area (Å²) < 4.78 is 12.6. The van der Waals surface area contributed by atoms with Gasteiger partial charge in [-0.1, -0.05) is 52.4 Å². The second-order valence-corrected chi connectivity index (χ2v) is 9.37. The van der Waals surface area contributed by atoms with Crippen LogP contribution in [0.15, 0.2) is 35.2 Å². The van der Waals surface area contributed by atoms with Crippen molar-refractivity contribution in [3.8, 4) is 0 Å². The zero-order valence-corrected chi connectivity index (χ0v) is 23.5. The highest BCUT2D eigenvalue weighted by Crippen LogP contribution is 2.15. The number of ketones is 1. The molecule has 2 aromatic rings. The Labute approximate surface area is 225 Å². The molecule has 9 heteroatoms. The van der Waals surface area contributed by atoms with Crippen LogP contribution in [-0.2, 0) is 9.59 Å². The van der Waals surface area contributed by atoms with Crippen molar-refractivity contribution in [2.24, 2.45) is 0 Å². The average Bonchev–Trinajstić information content (AvgIpc) is 3.69. The molecule has 1 unspecified atom stereocenters. The quantitative estimate of drug-likeness (QED) is 0.496. The molecule has 0 bridgehead atoms. The molecule has 2 fully saturated rings. The van der Waals surface area contributed by atoms with E-state index in [0.717, 1.165) is 25.9 Å². The fourth-order valence-electron chi connectivity index (χ4n) is 3.66. The summed E-state index contributed by atoms with van der Waals surface area (Å²) in [4.78, 5) is 40.2. The van der Waals surface area contributed by atoms with Crippen LogP contribution in [0.2, 0.25) is 0 Å². The number of carbonyl (C=O) groups excluding carboxylic acids is 3. The molecule has 2 amide bonds. The molecular weight excluding hydrogens is 491 g/mol. The summed E-state index contributed by atoms with van der Waals surface area (Å²) in [6.45, 7) is 7.53. The zero-order chi connectivity index (χ0) is 27.5. The van der Waals surface area contributed by atoms with Crippen molar-refractivity contribution in [3.63, 3.8) is 0 Å². The first-order chi connectivity index (χ1) is 17.9. The Hall–Kier alpha value is -2.65. The van der Waals surface area contributed by atoms with Crippen LogP contribution in [-0.4, -0.2) is 60.2 Å². The lowest BCUT2D eigenvalue weighted by Crippen LogP contribution is -2.45. The largest absolute Gasteiger partial charge is 0.346 e. The van der Waals surface area contributed by atoms with Crippen molar-refractivity contribution in [1.82, 2.24) is 20.5 Å². The lowest BCUT2D eigenvalue weighted by atomic mass is 10.0. The molecule has 4 rings (SSSR count). The number of halogens is 1. The van der Waals surface area contributed by atoms with Gasteiger partial charge in [-0.15, -0.1) is 11.3 Å². The van der Waals surface area contributed by atoms with Crippen molar-refractivity contribution < 1.29 is 18.8 Å². The van der Waals surface area contributed by atoms with Gasteiger partial charge >= 0.3 is 0 Å². The first kappa shape index (κ1) is 32.4. The Balaban J connectivity index is 0.000000288. The smallest absolute Gasteiger partial charge is 0.241 e. The number of nitrogens with one attached hydrogen (secondary N) is 2. The van der Waals surface area contributed by atoms with Gasteiger partial charge in [-0.05, 0) is 51.1 Å². The SMILES string of the molecule is C1CCCCC1.CC.CNC(C)C(=O)NCC(=O)N1CCCC1.O=C(c1ccc(F)cc1)c1cscn1. The van der Waals surface area contributed by atoms with E-state index in [-0.39, 0.29) is 36.0 Å². The molecule has 1 aromatic carbocycles. The van der Waals surface area contributed by atoms with Crippen LogP contribution < -0.4 is 10.6 Å². The molecule has 1 saturated heterocycles. The van der Waals surface area contributed by atoms with Gasteiger partial charge in [0.1, 0.15) is 11.5 Å². The Morgan fingerprint density at radius 2 is 1.51 bits per heavy atom. The standard InChI is InChI=1S/C10H6FNOS.C10H19N3O2.C6H12.C2H6/c11-8-3-1-7(2-4-8)10(13)9-5-14-6-12-9;1-8(11-2)10(15)12-7-9(14)13-5-3-4-6-13;1-2-4-6-5-3-1;1-2/h1-6H;8,11H,3-7H2,1-2H3,(H,12,15);1-6H2;1-2H3. The molecule has 0 radical (unpaired) electrons. The summed E-state index contributed by atoms with van der Waals surface area (Å²) in [6.07, 6.45) is 11.2. The minimum absolute atomic E-state index is 0.0177. The summed E-state index contributed by atoms with van der Waals surface area (Å²) in [5.41, 5.74) is 2.45. The van der Waals surface area contributed by atoms with Crippen LogP contribution in [0.5, 0.6) is 0 Å². The van der Waals surface area contributed by atoms with Crippen molar-refractivity contribution in [2.45, 2.75) is 78.2 Å². The molecular formula is C28H43FN4O3S. The number of likely N-dealkylation sites (tertiary alicyclic amines) is 1. The number of carbonyl (C=O) groups is 3. The van der Waals surface area contributed by atoms with Crippen LogP contribution >= 0.6 is 11.3 Å². The van der Waals surface area contributed by atoms with E-state index >= 15 is 0 Å². The Bertz CT molecular complexity index is 885. The number of thiazole rings is 1. The monoisotopic (exact) mass is 534 g/mol. The minimum Gasteiger partial charge on any atom is -0.346 e. The Kier molecular flexibility index (Phi) is 17.0. The lowest BCUT2D eigenvalue weighted by molar-refractivity contribution is -0.132. The number of nitrogens with zero attached hydrogens (tertiary/aromatic N) is 2. The molecule has 1 saturated carbocycles. The maximum absolute atomic E-state index is 12.6. The highest BCUT2D eigenvalue weighted by Gasteiger charge is 2.19. The molecule has 1 aliphatic heterocycles. The number of benzene rings is 1. The third kappa shape index (κ3) is 12.9. The van der Waals surface area contributed by atoms with Crippen molar-refractivity contribution in [1.29, 1.82) is 0 Å². The van der Waals surface area contributed by atoms with Crippen LogP contribution in [0.25, 0.3) is 0 Å². The maximum Gasteiger partial charge on any atom is 0.241 e. The average molecular weight is 535 g/mol. The normalized spacial score (nSPS) is 15.0. The highest BCUT2D eigenvalue weighted by atomic mass is 32.1. The van der Waals surface area contributed by atoms with E-state index in [4.69, 9.17) is 0 Å². The van der Waals surface area contributed by atoms with Gasteiger partial charge < -0.3 is 15.5 Å². The third-order valence-electron chi connectivity index (χ3n) is 5.97. The van der Waals surface area contributed by atoms with Gasteiger partial charge in [0, 0.05) is 24.0 Å². The van der Waals surface area contributed by atoms with Crippen LogP contribution in [0.1, 0.15) is 88.2 Å². The summed E-state index contributed by atoms with van der Waals surface area (Å²) in [5, 5.41) is 7.11. The number of aromatic nitrogens is 1. The van der Waals surface area contributed by atoms with Crippen LogP contribution in [0, 0.1) is 5.82 Å². The molecule has 206 valence electrons. The van der Waals surface area contributed by atoms with Crippen molar-refractivity contribution in [2.75, 3.05) is 26.7 Å². The highest BCUT2D eigenvalue weighted by molar-refractivity contribution is 7.07. The minimum atomic E-state index is -0.347. The molecule has 2 aliphatic rings. The predicted octanol–water partition coefficient (Wildman–Crippen LogP) is 5.21. The Morgan fingerprint density at radius 1 is 0.973 bits per heavy atom. The molecule has 0 spiro atoms. The van der Waals surface area contributed by atoms with E-state index in [1.807, 2.05) is 13.8 Å². The first-order valence-electron chi connectivity index (χ1n) is 13.3. The molecule has 1 aromatic heterocycles. The molecule has 7 nitrogen and oxygen atoms in total. The van der Waals surface area contributed by atoms with Gasteiger partial charge in [-0.25, -0.2) is 9.37 Å². The van der Waals surface area contributed by atoms with E-state index < -0.39 is 0 Å². The summed E-state index contributed by atoms with van der Waals surface area (Å²) >= 11 is 1.36. The first-order valence-corrected chi connectivity index (χ1v) is 14.3. The van der Waals surface area contributed by atoms with Crippen LogP contribution in [0.4, 0.5) is 4.39 Å². The van der Waals surface area contributed by atoms with Gasteiger partial charge in [0.15, 0.2) is 0 Å². The van der Waals surface area contributed by atoms with E-state index in [1.165, 1.54) is 74.1 Å². The van der Waals surface area contributed by atoms with E-state index in [2.05, 4.69) is 15.6 Å². The predicted molar refractivity (Wildman–Crippen MR) is 148 cm³/mol. The zero-order valence-electron chi connectivity index (χ0n) is 22.7. The summed E-state index contributed by atoms with van der Waals surface area (Å²) in [7, 11) is 1.71. The second-order valence-electron chi connectivity index (χ2n) is 8.65. The third-order valence-corrected chi connectivity index (χ3v) is 6.56. The topological polar surface area (TPSA) is 91.4 Å². The fourth-order valence-corrected chi connectivity index (χ4v) is 4.19. The Morgan fingerprint density at radius 3 is 1.97 bits per heavy atom. The molecule has 1 atom stereocenters. The summed E-state index contributed by atoms with van der Waals surface area (Å²) in [6, 6.07) is 5.18. The van der Waals surface area contributed by atoms with E-state index in [9.17, 15) is 18.8 Å². The lowest BCUT2D eigenvalue weighted by Gasteiger charge is -2.16. The van der Waals surface area contributed by atoms with Crippen LogP contribution in [0.3, 0.4) is 0 Å². The molecule has 2 heterocycles. The fraction of sp³-hybridized carbons (Fsp3) is 0.571. The number of rotatable bonds is 6. The van der Waals surface area contributed by atoms with Crippen molar-refractivity contribution in [3.05, 3.63) is 52.2 Å². The number of hydrogen-bond acceptors (Lipinski definition) is 6. The second kappa shape index (κ2) is 19.5. The number of amides is 2. The van der Waals surface area contributed by atoms with Gasteiger partial charge in [0.05, 0.1) is 18.1 Å². The van der Waals surface area contributed by atoms with E-state index in [0.29, 0.717) is 11.3 Å². The van der Waals surface area contributed by atoms with E-state index in [1.54, 1.807) is 29.8 Å². The number of hydrogen-bond donors (Lipinski definition) is 2. The van der Waals surface area contributed by atoms with Gasteiger partial charge in [-0.2, -0.15) is 0 Å². The number of likely N-dealkylation sites (N-methyl/N-ethyl adjacent to an activating group) is 1.